The molecule has 0 bridgehead atoms. The highest BCUT2D eigenvalue weighted by Crippen LogP contribution is 2.01. The van der Waals surface area contributed by atoms with Crippen molar-refractivity contribution in [3.63, 3.8) is 0 Å². The molecular formula is C5H9ClFN3. The van der Waals surface area contributed by atoms with Crippen LogP contribution in [-0.2, 0) is 13.6 Å². The summed E-state index contributed by atoms with van der Waals surface area (Å²) in [5, 5.41) is 3.65. The van der Waals surface area contributed by atoms with Gasteiger partial charge in [0.2, 0.25) is 5.95 Å². The number of rotatable bonds is 1. The first kappa shape index (κ1) is 9.39. The second kappa shape index (κ2) is 3.53. The van der Waals surface area contributed by atoms with Crippen LogP contribution in [0.25, 0.3) is 0 Å². The van der Waals surface area contributed by atoms with Gasteiger partial charge in [0, 0.05) is 19.2 Å². The molecule has 0 atom stereocenters. The van der Waals surface area contributed by atoms with Crippen LogP contribution in [0.15, 0.2) is 6.20 Å². The fourth-order valence-corrected chi connectivity index (χ4v) is 0.605. The second-order valence-corrected chi connectivity index (χ2v) is 1.79. The third-order valence-electron chi connectivity index (χ3n) is 1.16. The van der Waals surface area contributed by atoms with E-state index in [2.05, 4.69) is 5.10 Å². The Kier molecular flexibility index (Phi) is 3.32. The van der Waals surface area contributed by atoms with Gasteiger partial charge >= 0.3 is 0 Å². The number of nitrogens with zero attached hydrogens (tertiary/aromatic N) is 2. The molecule has 0 spiro atoms. The van der Waals surface area contributed by atoms with Crippen LogP contribution in [0.4, 0.5) is 4.39 Å². The fraction of sp³-hybridized carbons (Fsp3) is 0.400. The van der Waals surface area contributed by atoms with Crippen molar-refractivity contribution in [1.29, 1.82) is 0 Å². The topological polar surface area (TPSA) is 43.8 Å². The molecule has 5 heteroatoms. The maximum Gasteiger partial charge on any atom is 0.215 e. The first-order valence-corrected chi connectivity index (χ1v) is 2.62. The molecule has 0 aliphatic carbocycles. The van der Waals surface area contributed by atoms with E-state index in [1.165, 1.54) is 13.2 Å². The molecule has 1 rings (SSSR count). The van der Waals surface area contributed by atoms with Crippen molar-refractivity contribution < 1.29 is 4.39 Å². The van der Waals surface area contributed by atoms with Crippen LogP contribution in [0.5, 0.6) is 0 Å². The van der Waals surface area contributed by atoms with Crippen LogP contribution < -0.4 is 5.73 Å². The van der Waals surface area contributed by atoms with Gasteiger partial charge in [-0.1, -0.05) is 0 Å². The first-order chi connectivity index (χ1) is 4.25. The summed E-state index contributed by atoms with van der Waals surface area (Å²) in [4.78, 5) is 0. The summed E-state index contributed by atoms with van der Waals surface area (Å²) in [5.41, 5.74) is 5.63. The summed E-state index contributed by atoms with van der Waals surface area (Å²) >= 11 is 0. The van der Waals surface area contributed by atoms with Crippen molar-refractivity contribution in [1.82, 2.24) is 9.78 Å². The maximum absolute atomic E-state index is 12.6. The first-order valence-electron chi connectivity index (χ1n) is 2.62. The smallest absolute Gasteiger partial charge is 0.215 e. The van der Waals surface area contributed by atoms with E-state index in [1.807, 2.05) is 0 Å². The Morgan fingerprint density at radius 1 is 1.80 bits per heavy atom. The second-order valence-electron chi connectivity index (χ2n) is 1.79. The van der Waals surface area contributed by atoms with Gasteiger partial charge in [0.1, 0.15) is 0 Å². The van der Waals surface area contributed by atoms with E-state index in [4.69, 9.17) is 5.73 Å². The number of aromatic nitrogens is 2. The number of hydrogen-bond acceptors (Lipinski definition) is 2. The summed E-state index contributed by atoms with van der Waals surface area (Å²) in [7, 11) is 1.54. The zero-order chi connectivity index (χ0) is 6.85. The van der Waals surface area contributed by atoms with E-state index in [0.717, 1.165) is 4.68 Å². The van der Waals surface area contributed by atoms with E-state index in [9.17, 15) is 4.39 Å². The number of aryl methyl sites for hydroxylation is 1. The van der Waals surface area contributed by atoms with Gasteiger partial charge in [-0.3, -0.25) is 0 Å². The molecule has 3 nitrogen and oxygen atoms in total. The maximum atomic E-state index is 12.6. The predicted octanol–water partition coefficient (Wildman–Crippen LogP) is 0.440. The Morgan fingerprint density at radius 2 is 2.40 bits per heavy atom. The average Bonchev–Trinajstić information content (AvgIpc) is 2.15. The normalized spacial score (nSPS) is 9.10. The van der Waals surface area contributed by atoms with Gasteiger partial charge in [-0.15, -0.1) is 12.4 Å². The lowest BCUT2D eigenvalue weighted by Crippen LogP contribution is -2.00. The molecule has 0 aliphatic heterocycles. The van der Waals surface area contributed by atoms with Gasteiger partial charge in [-0.2, -0.15) is 9.49 Å². The lowest BCUT2D eigenvalue weighted by molar-refractivity contribution is 0.495. The predicted molar refractivity (Wildman–Crippen MR) is 38.3 cm³/mol. The summed E-state index contributed by atoms with van der Waals surface area (Å²) in [5.74, 6) is -0.350. The molecule has 0 saturated carbocycles. The SMILES string of the molecule is Cl.Cn1ncc(CN)c1F. The van der Waals surface area contributed by atoms with Gasteiger partial charge < -0.3 is 5.73 Å². The van der Waals surface area contributed by atoms with Crippen LogP contribution in [0.3, 0.4) is 0 Å². The molecule has 1 aromatic rings. The standard InChI is InChI=1S/C5H8FN3.ClH/c1-9-5(6)4(2-7)3-8-9;/h3H,2,7H2,1H3;1H. The molecule has 1 aromatic heterocycles. The Morgan fingerprint density at radius 3 is 2.60 bits per heavy atom. The van der Waals surface area contributed by atoms with Crippen LogP contribution in [0.2, 0.25) is 0 Å². The molecule has 0 fully saturated rings. The minimum atomic E-state index is -0.350. The van der Waals surface area contributed by atoms with Gasteiger partial charge in [0.05, 0.1) is 6.20 Å². The van der Waals surface area contributed by atoms with Crippen LogP contribution in [0, 0.1) is 5.95 Å². The van der Waals surface area contributed by atoms with Crippen molar-refractivity contribution in [3.05, 3.63) is 17.7 Å². The lowest BCUT2D eigenvalue weighted by Gasteiger charge is -1.89. The molecule has 10 heavy (non-hydrogen) atoms. The highest BCUT2D eigenvalue weighted by atomic mass is 35.5. The highest BCUT2D eigenvalue weighted by Gasteiger charge is 2.03. The van der Waals surface area contributed by atoms with E-state index in [1.54, 1.807) is 0 Å². The van der Waals surface area contributed by atoms with Gasteiger partial charge in [0.15, 0.2) is 0 Å². The van der Waals surface area contributed by atoms with Gasteiger partial charge in [-0.25, -0.2) is 4.68 Å². The van der Waals surface area contributed by atoms with E-state index < -0.39 is 0 Å². The summed E-state index contributed by atoms with van der Waals surface area (Å²) in [6.07, 6.45) is 1.43. The summed E-state index contributed by atoms with van der Waals surface area (Å²) in [6, 6.07) is 0. The van der Waals surface area contributed by atoms with E-state index in [0.29, 0.717) is 5.56 Å². The Labute approximate surface area is 64.4 Å². The Bertz CT molecular complexity index is 211. The van der Waals surface area contributed by atoms with Crippen molar-refractivity contribution in [2.75, 3.05) is 0 Å². The molecule has 0 aromatic carbocycles. The van der Waals surface area contributed by atoms with Crippen molar-refractivity contribution in [2.24, 2.45) is 12.8 Å². The van der Waals surface area contributed by atoms with Crippen LogP contribution in [0.1, 0.15) is 5.56 Å². The molecule has 0 aliphatic rings. The van der Waals surface area contributed by atoms with Gasteiger partial charge in [-0.05, 0) is 0 Å². The number of halogens is 2. The monoisotopic (exact) mass is 165 g/mol. The van der Waals surface area contributed by atoms with E-state index >= 15 is 0 Å². The third-order valence-corrected chi connectivity index (χ3v) is 1.16. The Balaban J connectivity index is 0.000000810. The lowest BCUT2D eigenvalue weighted by atomic mass is 10.4. The quantitative estimate of drug-likeness (QED) is 0.656. The van der Waals surface area contributed by atoms with Crippen LogP contribution >= 0.6 is 12.4 Å². The van der Waals surface area contributed by atoms with Gasteiger partial charge in [0.25, 0.3) is 0 Å². The number of hydrogen-bond donors (Lipinski definition) is 1. The molecule has 0 saturated heterocycles. The van der Waals surface area contributed by atoms with E-state index in [-0.39, 0.29) is 24.9 Å². The van der Waals surface area contributed by atoms with Crippen LogP contribution in [-0.4, -0.2) is 9.78 Å². The molecular weight excluding hydrogens is 157 g/mol. The molecule has 0 radical (unpaired) electrons. The Hall–Kier alpha value is -0.610. The molecule has 0 unspecified atom stereocenters. The minimum Gasteiger partial charge on any atom is -0.326 e. The third kappa shape index (κ3) is 1.46. The molecule has 0 amide bonds. The number of nitrogens with two attached hydrogens (primary N) is 1. The van der Waals surface area contributed by atoms with Crippen molar-refractivity contribution in [3.8, 4) is 0 Å². The molecule has 2 N–H and O–H groups in total. The zero-order valence-electron chi connectivity index (χ0n) is 5.54. The summed E-state index contributed by atoms with van der Waals surface area (Å²) < 4.78 is 13.7. The summed E-state index contributed by atoms with van der Waals surface area (Å²) in [6.45, 7) is 0.208. The minimum absolute atomic E-state index is 0. The highest BCUT2D eigenvalue weighted by molar-refractivity contribution is 5.85. The largest absolute Gasteiger partial charge is 0.326 e. The molecule has 1 heterocycles. The van der Waals surface area contributed by atoms with Crippen molar-refractivity contribution >= 4 is 12.4 Å². The van der Waals surface area contributed by atoms with Crippen molar-refractivity contribution in [2.45, 2.75) is 6.54 Å². The zero-order valence-corrected chi connectivity index (χ0v) is 6.36. The fourth-order valence-electron chi connectivity index (χ4n) is 0.605. The molecule has 58 valence electrons. The average molecular weight is 166 g/mol.